The van der Waals surface area contributed by atoms with E-state index in [4.69, 9.17) is 16.0 Å². The Morgan fingerprint density at radius 3 is 2.42 bits per heavy atom. The van der Waals surface area contributed by atoms with Gasteiger partial charge >= 0.3 is 0 Å². The zero-order valence-electron chi connectivity index (χ0n) is 24.8. The molecule has 1 amide bonds. The van der Waals surface area contributed by atoms with Crippen molar-refractivity contribution in [1.82, 2.24) is 9.62 Å². The van der Waals surface area contributed by atoms with Crippen molar-refractivity contribution in [3.63, 3.8) is 0 Å². The molecule has 2 aromatic carbocycles. The van der Waals surface area contributed by atoms with Gasteiger partial charge in [0.05, 0.1) is 53.0 Å². The number of hydrogen-bond donors (Lipinski definition) is 1. The maximum Gasteiger partial charge on any atom is 0.263 e. The normalized spacial score (nSPS) is 20.7. The number of halogens is 2. The van der Waals surface area contributed by atoms with E-state index in [9.17, 15) is 17.8 Å². The maximum atomic E-state index is 14.7. The Balaban J connectivity index is 1.43. The Morgan fingerprint density at radius 1 is 1.14 bits per heavy atom. The van der Waals surface area contributed by atoms with Crippen molar-refractivity contribution in [3.8, 4) is 27.3 Å². The van der Waals surface area contributed by atoms with Crippen LogP contribution >= 0.6 is 11.3 Å². The van der Waals surface area contributed by atoms with Gasteiger partial charge in [0.25, 0.3) is 5.91 Å². The SMILES string of the molecule is [C-]#[N+]c1ccc(-c2cc(C(=O)N3CCC4(CC3)CO[C@@H](C)[C@H]4N[S@](=O)C(C)(C)C)sc2-c2ccc(OC)c(F)c2)cc1F. The Bertz CT molecular complexity index is 1600. The summed E-state index contributed by atoms with van der Waals surface area (Å²) in [5.74, 6) is -1.28. The average molecular weight is 628 g/mol. The summed E-state index contributed by atoms with van der Waals surface area (Å²) in [7, 11) is 0.132. The van der Waals surface area contributed by atoms with E-state index >= 15 is 0 Å². The minimum absolute atomic E-state index is 0.0944. The smallest absolute Gasteiger partial charge is 0.263 e. The first-order valence-electron chi connectivity index (χ1n) is 14.1. The molecule has 0 saturated carbocycles. The van der Waals surface area contributed by atoms with Crippen molar-refractivity contribution in [2.45, 2.75) is 57.4 Å². The number of likely N-dealkylation sites (tertiary alicyclic amines) is 1. The van der Waals surface area contributed by atoms with Gasteiger partial charge in [-0.1, -0.05) is 12.1 Å². The molecule has 0 bridgehead atoms. The first-order chi connectivity index (χ1) is 20.4. The number of hydrogen-bond acceptors (Lipinski definition) is 5. The van der Waals surface area contributed by atoms with Gasteiger partial charge < -0.3 is 14.4 Å². The summed E-state index contributed by atoms with van der Waals surface area (Å²) in [5.41, 5.74) is 1.27. The molecule has 2 fully saturated rings. The van der Waals surface area contributed by atoms with Crippen molar-refractivity contribution in [2.75, 3.05) is 26.8 Å². The Kier molecular flexibility index (Phi) is 8.78. The molecule has 228 valence electrons. The van der Waals surface area contributed by atoms with Crippen molar-refractivity contribution in [1.29, 1.82) is 0 Å². The molecule has 3 atom stereocenters. The predicted molar refractivity (Wildman–Crippen MR) is 166 cm³/mol. The maximum absolute atomic E-state index is 14.7. The number of ether oxygens (including phenoxy) is 2. The topological polar surface area (TPSA) is 72.2 Å². The molecule has 11 heteroatoms. The van der Waals surface area contributed by atoms with E-state index in [0.717, 1.165) is 0 Å². The van der Waals surface area contributed by atoms with Crippen LogP contribution in [0.2, 0.25) is 0 Å². The molecule has 0 aliphatic carbocycles. The van der Waals surface area contributed by atoms with Crippen LogP contribution in [0, 0.1) is 23.6 Å². The van der Waals surface area contributed by atoms with Crippen LogP contribution in [0.15, 0.2) is 42.5 Å². The van der Waals surface area contributed by atoms with Gasteiger partial charge in [0.15, 0.2) is 11.6 Å². The summed E-state index contributed by atoms with van der Waals surface area (Å²) >= 11 is 1.22. The zero-order chi connectivity index (χ0) is 31.1. The number of benzene rings is 2. The molecule has 5 rings (SSSR count). The molecule has 1 spiro atoms. The van der Waals surface area contributed by atoms with Crippen molar-refractivity contribution < 1.29 is 27.3 Å². The number of carbonyl (C=O) groups is 1. The average Bonchev–Trinajstić information content (AvgIpc) is 3.55. The third-order valence-corrected chi connectivity index (χ3v) is 11.1. The first-order valence-corrected chi connectivity index (χ1v) is 16.1. The summed E-state index contributed by atoms with van der Waals surface area (Å²) in [5, 5.41) is 0. The number of nitrogens with one attached hydrogen (secondary N) is 1. The summed E-state index contributed by atoms with van der Waals surface area (Å²) in [4.78, 5) is 19.9. The van der Waals surface area contributed by atoms with E-state index in [0.29, 0.717) is 59.0 Å². The van der Waals surface area contributed by atoms with Gasteiger partial charge in [-0.25, -0.2) is 22.6 Å². The predicted octanol–water partition coefficient (Wildman–Crippen LogP) is 6.98. The lowest BCUT2D eigenvalue weighted by atomic mass is 9.73. The number of amides is 1. The van der Waals surface area contributed by atoms with Crippen LogP contribution in [0.1, 0.15) is 50.2 Å². The van der Waals surface area contributed by atoms with Crippen LogP contribution < -0.4 is 9.46 Å². The molecule has 0 unspecified atom stereocenters. The number of piperidine rings is 1. The van der Waals surface area contributed by atoms with Crippen LogP contribution in [0.3, 0.4) is 0 Å². The van der Waals surface area contributed by atoms with Crippen LogP contribution in [0.5, 0.6) is 5.75 Å². The van der Waals surface area contributed by atoms with Crippen molar-refractivity contribution in [2.24, 2.45) is 5.41 Å². The fraction of sp³-hybridized carbons (Fsp3) is 0.438. The molecule has 0 radical (unpaired) electrons. The van der Waals surface area contributed by atoms with Gasteiger partial charge in [-0.05, 0) is 82.0 Å². The summed E-state index contributed by atoms with van der Waals surface area (Å²) < 4.78 is 56.3. The summed E-state index contributed by atoms with van der Waals surface area (Å²) in [6, 6.07) is 10.5. The van der Waals surface area contributed by atoms with Gasteiger partial charge in [-0.2, -0.15) is 0 Å². The largest absolute Gasteiger partial charge is 0.494 e. The lowest BCUT2D eigenvalue weighted by Crippen LogP contribution is -2.55. The summed E-state index contributed by atoms with van der Waals surface area (Å²) in [6.45, 7) is 16.5. The van der Waals surface area contributed by atoms with Gasteiger partial charge in [-0.15, -0.1) is 11.3 Å². The highest BCUT2D eigenvalue weighted by Crippen LogP contribution is 2.45. The zero-order valence-corrected chi connectivity index (χ0v) is 26.5. The second-order valence-corrected chi connectivity index (χ2v) is 15.2. The first kappa shape index (κ1) is 31.3. The van der Waals surface area contributed by atoms with Gasteiger partial charge in [0.2, 0.25) is 5.69 Å². The number of nitrogens with zero attached hydrogens (tertiary/aromatic N) is 2. The number of carbonyl (C=O) groups excluding carboxylic acids is 1. The van der Waals surface area contributed by atoms with E-state index in [1.807, 2.05) is 32.6 Å². The minimum Gasteiger partial charge on any atom is -0.494 e. The fourth-order valence-corrected chi connectivity index (χ4v) is 7.93. The van der Waals surface area contributed by atoms with Crippen LogP contribution in [0.25, 0.3) is 26.4 Å². The lowest BCUT2D eigenvalue weighted by molar-refractivity contribution is 0.0493. The van der Waals surface area contributed by atoms with Crippen molar-refractivity contribution >= 4 is 33.9 Å². The Labute approximate surface area is 257 Å². The highest BCUT2D eigenvalue weighted by atomic mass is 32.2. The number of thiophene rings is 1. The Hall–Kier alpha value is -3.17. The molecule has 1 aromatic heterocycles. The second-order valence-electron chi connectivity index (χ2n) is 12.1. The number of methoxy groups -OCH3 is 1. The van der Waals surface area contributed by atoms with Crippen LogP contribution in [-0.4, -0.2) is 58.7 Å². The van der Waals surface area contributed by atoms with Gasteiger partial charge in [0, 0.05) is 28.9 Å². The molecule has 2 aliphatic rings. The second kappa shape index (κ2) is 12.1. The molecular formula is C32H35F2N3O4S2. The van der Waals surface area contributed by atoms with E-state index in [1.54, 1.807) is 18.2 Å². The molecule has 2 saturated heterocycles. The van der Waals surface area contributed by atoms with Crippen LogP contribution in [0.4, 0.5) is 14.5 Å². The van der Waals surface area contributed by atoms with E-state index < -0.39 is 27.4 Å². The highest BCUT2D eigenvalue weighted by Gasteiger charge is 2.51. The van der Waals surface area contributed by atoms with E-state index in [-0.39, 0.29) is 34.9 Å². The number of rotatable bonds is 6. The van der Waals surface area contributed by atoms with Gasteiger partial charge in [0.1, 0.15) is 5.82 Å². The highest BCUT2D eigenvalue weighted by molar-refractivity contribution is 7.84. The lowest BCUT2D eigenvalue weighted by Gasteiger charge is -2.43. The minimum atomic E-state index is -1.25. The van der Waals surface area contributed by atoms with E-state index in [2.05, 4.69) is 9.57 Å². The molecule has 7 nitrogen and oxygen atoms in total. The molecule has 43 heavy (non-hydrogen) atoms. The molecule has 3 aromatic rings. The third-order valence-electron chi connectivity index (χ3n) is 8.34. The monoisotopic (exact) mass is 627 g/mol. The standard InChI is InChI=1S/C32H35F2N3O4S2/c1-19-29(36-43(39)31(2,3)4)32(18-41-19)11-13-37(14-12-32)30(38)27-17-22(20-7-9-25(35-5)23(33)15-20)28(42-27)21-8-10-26(40-6)24(34)16-21/h7-10,15-17,19,29,36H,11-14,18H2,1-4,6H3/t19-,29+,43+/m0/s1. The van der Waals surface area contributed by atoms with E-state index in [1.165, 1.54) is 42.7 Å². The molecular weight excluding hydrogens is 592 g/mol. The quantitative estimate of drug-likeness (QED) is 0.300. The van der Waals surface area contributed by atoms with Crippen molar-refractivity contribution in [3.05, 3.63) is 70.4 Å². The van der Waals surface area contributed by atoms with Gasteiger partial charge in [-0.3, -0.25) is 4.79 Å². The third kappa shape index (κ3) is 6.11. The van der Waals surface area contributed by atoms with Crippen LogP contribution in [-0.2, 0) is 15.7 Å². The Morgan fingerprint density at radius 2 is 1.81 bits per heavy atom. The molecule has 2 aliphatic heterocycles. The summed E-state index contributed by atoms with van der Waals surface area (Å²) in [6.07, 6.45) is 1.29. The fourth-order valence-electron chi connectivity index (χ4n) is 5.76. The molecule has 3 heterocycles. The molecule has 1 N–H and O–H groups in total.